The molecule has 0 aliphatic carbocycles. The van der Waals surface area contributed by atoms with Gasteiger partial charge in [-0.15, -0.1) is 0 Å². The van der Waals surface area contributed by atoms with Crippen LogP contribution < -0.4 is 0 Å². The molecule has 0 N–H and O–H groups in total. The largest absolute Gasteiger partial charge is 0.0622 e. The Balaban J connectivity index is 1.99. The summed E-state index contributed by atoms with van der Waals surface area (Å²) < 4.78 is 2.63. The van der Waals surface area contributed by atoms with Crippen LogP contribution in [0.1, 0.15) is 48.9 Å². The lowest BCUT2D eigenvalue weighted by atomic mass is 9.98. The van der Waals surface area contributed by atoms with Crippen LogP contribution in [0.2, 0.25) is 0 Å². The predicted octanol–water partition coefficient (Wildman–Crippen LogP) is 8.80. The number of allylic oxidation sites excluding steroid dienone is 2. The van der Waals surface area contributed by atoms with Crippen LogP contribution >= 0.6 is 45.2 Å². The fourth-order valence-corrected chi connectivity index (χ4v) is 4.56. The van der Waals surface area contributed by atoms with Gasteiger partial charge in [-0.3, -0.25) is 0 Å². The summed E-state index contributed by atoms with van der Waals surface area (Å²) in [5, 5.41) is 0. The summed E-state index contributed by atoms with van der Waals surface area (Å²) in [6, 6.07) is 25.9. The minimum absolute atomic E-state index is 1.02. The van der Waals surface area contributed by atoms with Crippen LogP contribution in [0, 0.1) is 7.14 Å². The third-order valence-corrected chi connectivity index (χ3v) is 8.21. The smallest absolute Gasteiger partial charge is 0.0342 e. The van der Waals surface area contributed by atoms with E-state index in [1.54, 1.807) is 0 Å². The minimum atomic E-state index is 1.02. The van der Waals surface area contributed by atoms with Crippen molar-refractivity contribution in [3.8, 4) is 0 Å². The van der Waals surface area contributed by atoms with Gasteiger partial charge in [0.2, 0.25) is 0 Å². The second kappa shape index (κ2) is 10.4. The quantitative estimate of drug-likeness (QED) is 0.199. The summed E-state index contributed by atoms with van der Waals surface area (Å²) in [7, 11) is 0. The van der Waals surface area contributed by atoms with Crippen LogP contribution in [0.15, 0.2) is 72.8 Å². The second-order valence-corrected chi connectivity index (χ2v) is 8.81. The maximum atomic E-state index is 2.49. The third kappa shape index (κ3) is 5.15. The van der Waals surface area contributed by atoms with Crippen molar-refractivity contribution in [2.24, 2.45) is 0 Å². The first kappa shape index (κ1) is 21.3. The van der Waals surface area contributed by atoms with Crippen molar-refractivity contribution in [1.82, 2.24) is 0 Å². The maximum absolute atomic E-state index is 2.49. The van der Waals surface area contributed by atoms with E-state index >= 15 is 0 Å². The number of hydrogen-bond acceptors (Lipinski definition) is 0. The van der Waals surface area contributed by atoms with Crippen LogP contribution in [-0.2, 0) is 0 Å². The molecule has 0 amide bonds. The molecule has 0 heterocycles. The van der Waals surface area contributed by atoms with E-state index in [9.17, 15) is 0 Å². The van der Waals surface area contributed by atoms with Crippen molar-refractivity contribution in [2.45, 2.75) is 26.7 Å². The van der Waals surface area contributed by atoms with Gasteiger partial charge in [0, 0.05) is 7.14 Å². The van der Waals surface area contributed by atoms with Gasteiger partial charge in [0.1, 0.15) is 0 Å². The highest BCUT2D eigenvalue weighted by atomic mass is 127. The second-order valence-electron chi connectivity index (χ2n) is 6.65. The Morgan fingerprint density at radius 3 is 1.29 bits per heavy atom. The van der Waals surface area contributed by atoms with Crippen LogP contribution in [-0.4, -0.2) is 0 Å². The van der Waals surface area contributed by atoms with Gasteiger partial charge in [0.05, 0.1) is 0 Å². The molecule has 0 aromatic heterocycles. The van der Waals surface area contributed by atoms with Gasteiger partial charge in [0.25, 0.3) is 0 Å². The maximum Gasteiger partial charge on any atom is 0.0342 e. The molecule has 0 bridgehead atoms. The number of benzene rings is 3. The van der Waals surface area contributed by atoms with Gasteiger partial charge in [-0.05, 0) is 91.4 Å². The predicted molar refractivity (Wildman–Crippen MR) is 141 cm³/mol. The van der Waals surface area contributed by atoms with Crippen LogP contribution in [0.5, 0.6) is 0 Å². The summed E-state index contributed by atoms with van der Waals surface area (Å²) >= 11 is 4.98. The van der Waals surface area contributed by atoms with Gasteiger partial charge in [-0.2, -0.15) is 0 Å². The molecule has 0 aliphatic heterocycles. The first-order valence-electron chi connectivity index (χ1n) is 9.64. The first-order valence-corrected chi connectivity index (χ1v) is 11.8. The van der Waals surface area contributed by atoms with Crippen molar-refractivity contribution in [2.75, 3.05) is 0 Å². The lowest BCUT2D eigenvalue weighted by Gasteiger charge is -2.11. The molecule has 0 radical (unpaired) electrons. The Morgan fingerprint density at radius 1 is 0.607 bits per heavy atom. The van der Waals surface area contributed by atoms with Crippen molar-refractivity contribution < 1.29 is 0 Å². The van der Waals surface area contributed by atoms with E-state index in [1.807, 2.05) is 0 Å². The topological polar surface area (TPSA) is 0 Å². The standard InChI is InChI=1S/C26H24I2/c1-3-19(21-11-7-5-8-12-21)17-23-15-16-24(26(28)25(23)27)18-20(4-2)22-13-9-6-10-14-22/h5-18H,3-4H2,1-2H3/b19-17-,20-18-. The van der Waals surface area contributed by atoms with Crippen molar-refractivity contribution >= 4 is 68.5 Å². The van der Waals surface area contributed by atoms with Crippen molar-refractivity contribution in [3.05, 3.63) is 102 Å². The highest BCUT2D eigenvalue weighted by molar-refractivity contribution is 14.1. The Hall–Kier alpha value is -1.40. The Labute approximate surface area is 196 Å². The summed E-state index contributed by atoms with van der Waals surface area (Å²) in [5.41, 5.74) is 7.93. The molecule has 28 heavy (non-hydrogen) atoms. The lowest BCUT2D eigenvalue weighted by molar-refractivity contribution is 1.24. The highest BCUT2D eigenvalue weighted by Crippen LogP contribution is 2.31. The van der Waals surface area contributed by atoms with Crippen molar-refractivity contribution in [1.29, 1.82) is 0 Å². The number of hydrogen-bond donors (Lipinski definition) is 0. The van der Waals surface area contributed by atoms with Crippen LogP contribution in [0.25, 0.3) is 23.3 Å². The molecule has 0 fully saturated rings. The van der Waals surface area contributed by atoms with Gasteiger partial charge in [-0.25, -0.2) is 0 Å². The molecule has 3 rings (SSSR count). The molecule has 3 aromatic rings. The molecule has 0 aliphatic rings. The van der Waals surface area contributed by atoms with Gasteiger partial charge in [0.15, 0.2) is 0 Å². The lowest BCUT2D eigenvalue weighted by Crippen LogP contribution is -1.93. The summed E-state index contributed by atoms with van der Waals surface area (Å²) in [4.78, 5) is 0. The zero-order chi connectivity index (χ0) is 19.9. The molecule has 142 valence electrons. The van der Waals surface area contributed by atoms with E-state index in [0.29, 0.717) is 0 Å². The highest BCUT2D eigenvalue weighted by Gasteiger charge is 2.09. The monoisotopic (exact) mass is 590 g/mol. The fraction of sp³-hybridized carbons (Fsp3) is 0.154. The molecule has 0 unspecified atom stereocenters. The molecule has 2 heteroatoms. The summed E-state index contributed by atoms with van der Waals surface area (Å²) in [6.07, 6.45) is 6.72. The minimum Gasteiger partial charge on any atom is -0.0622 e. The Morgan fingerprint density at radius 2 is 0.964 bits per heavy atom. The van der Waals surface area contributed by atoms with E-state index in [2.05, 4.69) is 144 Å². The molecule has 0 saturated heterocycles. The summed E-state index contributed by atoms with van der Waals surface area (Å²) in [5.74, 6) is 0. The number of rotatable bonds is 6. The molecule has 0 nitrogen and oxygen atoms in total. The molecule has 0 spiro atoms. The molecule has 3 aromatic carbocycles. The number of halogens is 2. The van der Waals surface area contributed by atoms with E-state index in [1.165, 1.54) is 40.5 Å². The van der Waals surface area contributed by atoms with Gasteiger partial charge in [-0.1, -0.05) is 98.8 Å². The average Bonchev–Trinajstić information content (AvgIpc) is 2.75. The molecule has 0 saturated carbocycles. The van der Waals surface area contributed by atoms with E-state index in [0.717, 1.165) is 12.8 Å². The van der Waals surface area contributed by atoms with Crippen LogP contribution in [0.4, 0.5) is 0 Å². The van der Waals surface area contributed by atoms with Crippen molar-refractivity contribution in [3.63, 3.8) is 0 Å². The SMILES string of the molecule is CC/C(=C/c1ccc(/C=C(/CC)c2ccccc2)c(I)c1I)c1ccccc1. The Bertz CT molecular complexity index is 901. The van der Waals surface area contributed by atoms with E-state index < -0.39 is 0 Å². The van der Waals surface area contributed by atoms with Gasteiger partial charge >= 0.3 is 0 Å². The molecular weight excluding hydrogens is 566 g/mol. The fourth-order valence-electron chi connectivity index (χ4n) is 3.26. The first-order chi connectivity index (χ1) is 13.6. The van der Waals surface area contributed by atoms with Gasteiger partial charge < -0.3 is 0 Å². The zero-order valence-electron chi connectivity index (χ0n) is 16.3. The zero-order valence-corrected chi connectivity index (χ0v) is 20.6. The third-order valence-electron chi connectivity index (χ3n) is 4.85. The summed E-state index contributed by atoms with van der Waals surface area (Å²) in [6.45, 7) is 4.45. The van der Waals surface area contributed by atoms with E-state index in [-0.39, 0.29) is 0 Å². The van der Waals surface area contributed by atoms with Crippen LogP contribution in [0.3, 0.4) is 0 Å². The Kier molecular flexibility index (Phi) is 7.91. The average molecular weight is 590 g/mol. The molecule has 0 atom stereocenters. The van der Waals surface area contributed by atoms with E-state index in [4.69, 9.17) is 0 Å². The molecular formula is C26H24I2. The normalized spacial score (nSPS) is 12.3.